The molecule has 0 fully saturated rings. The number of hydrogen-bond donors (Lipinski definition) is 3. The van der Waals surface area contributed by atoms with Crippen LogP contribution in [0.3, 0.4) is 0 Å². The molecule has 1 amide bonds. The molecule has 20 heavy (non-hydrogen) atoms. The molecule has 0 radical (unpaired) electrons. The van der Waals surface area contributed by atoms with Crippen molar-refractivity contribution in [1.82, 2.24) is 5.32 Å². The molecule has 0 saturated heterocycles. The van der Waals surface area contributed by atoms with Crippen molar-refractivity contribution < 1.29 is 15.0 Å². The second-order valence-corrected chi connectivity index (χ2v) is 5.48. The summed E-state index contributed by atoms with van der Waals surface area (Å²) >= 11 is 1.59. The Labute approximate surface area is 121 Å². The minimum Gasteiger partial charge on any atom is -0.504 e. The minimum absolute atomic E-state index is 0.0748. The number of aromatic hydroxyl groups is 2. The summed E-state index contributed by atoms with van der Waals surface area (Å²) in [6.45, 7) is 2.05. The lowest BCUT2D eigenvalue weighted by atomic mass is 10.1. The quantitative estimate of drug-likeness (QED) is 0.739. The van der Waals surface area contributed by atoms with Gasteiger partial charge in [-0.2, -0.15) is 0 Å². The monoisotopic (exact) mass is 291 g/mol. The maximum Gasteiger partial charge on any atom is 0.255 e. The topological polar surface area (TPSA) is 69.6 Å². The smallest absolute Gasteiger partial charge is 0.255 e. The summed E-state index contributed by atoms with van der Waals surface area (Å²) in [6, 6.07) is 8.21. The van der Waals surface area contributed by atoms with E-state index in [1.165, 1.54) is 18.2 Å². The molecule has 2 rings (SSSR count). The number of benzene rings is 1. The van der Waals surface area contributed by atoms with Crippen LogP contribution in [-0.2, 0) is 0 Å². The highest BCUT2D eigenvalue weighted by Gasteiger charge is 2.19. The zero-order valence-electron chi connectivity index (χ0n) is 11.2. The van der Waals surface area contributed by atoms with Crippen molar-refractivity contribution >= 4 is 17.2 Å². The normalized spacial score (nSPS) is 12.1. The van der Waals surface area contributed by atoms with Crippen molar-refractivity contribution in [2.75, 3.05) is 0 Å². The number of phenols is 2. The van der Waals surface area contributed by atoms with Gasteiger partial charge in [0.1, 0.15) is 0 Å². The summed E-state index contributed by atoms with van der Waals surface area (Å²) in [6.07, 6.45) is 1.76. The number of phenolic OH excluding ortho intramolecular Hbond substituents is 2. The third kappa shape index (κ3) is 3.11. The van der Waals surface area contributed by atoms with Crippen LogP contribution >= 0.6 is 11.3 Å². The van der Waals surface area contributed by atoms with Crippen LogP contribution < -0.4 is 5.32 Å². The number of thiophene rings is 1. The van der Waals surface area contributed by atoms with E-state index in [2.05, 4.69) is 12.2 Å². The lowest BCUT2D eigenvalue weighted by Gasteiger charge is -2.17. The molecule has 5 heteroatoms. The molecular formula is C15H17NO3S. The van der Waals surface area contributed by atoms with Gasteiger partial charge in [-0.25, -0.2) is 0 Å². The number of hydrogen-bond acceptors (Lipinski definition) is 4. The van der Waals surface area contributed by atoms with Crippen LogP contribution in [-0.4, -0.2) is 16.1 Å². The molecule has 2 aromatic rings. The summed E-state index contributed by atoms with van der Waals surface area (Å²) in [7, 11) is 0. The number of nitrogens with one attached hydrogen (secondary N) is 1. The second-order valence-electron chi connectivity index (χ2n) is 4.50. The van der Waals surface area contributed by atoms with Crippen molar-refractivity contribution in [1.29, 1.82) is 0 Å². The summed E-state index contributed by atoms with van der Waals surface area (Å²) in [5, 5.41) is 24.0. The number of para-hydroxylation sites is 1. The fourth-order valence-electron chi connectivity index (χ4n) is 2.01. The molecule has 0 aliphatic carbocycles. The molecule has 3 N–H and O–H groups in total. The van der Waals surface area contributed by atoms with Crippen LogP contribution in [0.1, 0.15) is 41.0 Å². The van der Waals surface area contributed by atoms with Crippen LogP contribution in [0.2, 0.25) is 0 Å². The third-order valence-corrected chi connectivity index (χ3v) is 4.01. The van der Waals surface area contributed by atoms with E-state index >= 15 is 0 Å². The number of carbonyl (C=O) groups is 1. The SMILES string of the molecule is CCCC(NC(=O)c1cccc(O)c1O)c1cccs1. The van der Waals surface area contributed by atoms with Crippen LogP contribution in [0.5, 0.6) is 11.5 Å². The van der Waals surface area contributed by atoms with Gasteiger partial charge in [0, 0.05) is 4.88 Å². The summed E-state index contributed by atoms with van der Waals surface area (Å²) in [5.41, 5.74) is 0.0858. The van der Waals surface area contributed by atoms with E-state index in [4.69, 9.17) is 0 Å². The molecule has 1 heterocycles. The molecule has 0 aliphatic heterocycles. The largest absolute Gasteiger partial charge is 0.504 e. The van der Waals surface area contributed by atoms with E-state index in [9.17, 15) is 15.0 Å². The Hall–Kier alpha value is -2.01. The predicted octanol–water partition coefficient (Wildman–Crippen LogP) is 3.43. The first-order valence-corrected chi connectivity index (χ1v) is 7.36. The molecule has 0 bridgehead atoms. The maximum absolute atomic E-state index is 12.2. The van der Waals surface area contributed by atoms with Gasteiger partial charge < -0.3 is 15.5 Å². The molecular weight excluding hydrogens is 274 g/mol. The van der Waals surface area contributed by atoms with E-state index < -0.39 is 0 Å². The van der Waals surface area contributed by atoms with Crippen LogP contribution in [0.15, 0.2) is 35.7 Å². The van der Waals surface area contributed by atoms with Gasteiger partial charge in [-0.1, -0.05) is 25.5 Å². The van der Waals surface area contributed by atoms with Gasteiger partial charge in [-0.3, -0.25) is 4.79 Å². The lowest BCUT2D eigenvalue weighted by molar-refractivity contribution is 0.0932. The highest BCUT2D eigenvalue weighted by Crippen LogP contribution is 2.29. The number of amides is 1. The Kier molecular flexibility index (Phi) is 4.63. The summed E-state index contributed by atoms with van der Waals surface area (Å²) in [5.74, 6) is -1.06. The highest BCUT2D eigenvalue weighted by atomic mass is 32.1. The van der Waals surface area contributed by atoms with Gasteiger partial charge >= 0.3 is 0 Å². The number of carbonyl (C=O) groups excluding carboxylic acids is 1. The predicted molar refractivity (Wildman–Crippen MR) is 79.2 cm³/mol. The van der Waals surface area contributed by atoms with Crippen LogP contribution in [0.25, 0.3) is 0 Å². The minimum atomic E-state index is -0.384. The Morgan fingerprint density at radius 3 is 2.75 bits per heavy atom. The Morgan fingerprint density at radius 2 is 2.10 bits per heavy atom. The van der Waals surface area contributed by atoms with Crippen LogP contribution in [0, 0.1) is 0 Å². The number of rotatable bonds is 5. The van der Waals surface area contributed by atoms with Gasteiger partial charge in [0.15, 0.2) is 11.5 Å². The maximum atomic E-state index is 12.2. The van der Waals surface area contributed by atoms with Gasteiger partial charge in [-0.05, 0) is 30.0 Å². The molecule has 0 spiro atoms. The first-order valence-electron chi connectivity index (χ1n) is 6.48. The van der Waals surface area contributed by atoms with Gasteiger partial charge in [0.25, 0.3) is 5.91 Å². The second kappa shape index (κ2) is 6.43. The molecule has 106 valence electrons. The zero-order valence-corrected chi connectivity index (χ0v) is 12.0. The highest BCUT2D eigenvalue weighted by molar-refractivity contribution is 7.10. The fourth-order valence-corrected chi connectivity index (χ4v) is 2.83. The standard InChI is InChI=1S/C15H17NO3S/c1-2-5-11(13-8-4-9-20-13)16-15(19)10-6-3-7-12(17)14(10)18/h3-4,6-9,11,17-18H,2,5H2,1H3,(H,16,19). The summed E-state index contributed by atoms with van der Waals surface area (Å²) in [4.78, 5) is 13.3. The van der Waals surface area contributed by atoms with E-state index in [0.29, 0.717) is 0 Å². The fraction of sp³-hybridized carbons (Fsp3) is 0.267. The Morgan fingerprint density at radius 1 is 1.30 bits per heavy atom. The van der Waals surface area contributed by atoms with E-state index in [1.807, 2.05) is 17.5 Å². The summed E-state index contributed by atoms with van der Waals surface area (Å²) < 4.78 is 0. The van der Waals surface area contributed by atoms with Crippen molar-refractivity contribution in [2.45, 2.75) is 25.8 Å². The Balaban J connectivity index is 2.18. The molecule has 1 atom stereocenters. The van der Waals surface area contributed by atoms with Crippen molar-refractivity contribution in [3.8, 4) is 11.5 Å². The average molecular weight is 291 g/mol. The van der Waals surface area contributed by atoms with E-state index in [1.54, 1.807) is 11.3 Å². The first kappa shape index (κ1) is 14.4. The van der Waals surface area contributed by atoms with E-state index in [-0.39, 0.29) is 29.0 Å². The van der Waals surface area contributed by atoms with Crippen LogP contribution in [0.4, 0.5) is 0 Å². The van der Waals surface area contributed by atoms with Crippen molar-refractivity contribution in [3.05, 3.63) is 46.2 Å². The molecule has 1 aromatic carbocycles. The molecule has 1 aromatic heterocycles. The van der Waals surface area contributed by atoms with Gasteiger partial charge in [0.2, 0.25) is 0 Å². The van der Waals surface area contributed by atoms with E-state index in [0.717, 1.165) is 17.7 Å². The zero-order chi connectivity index (χ0) is 14.5. The molecule has 0 saturated carbocycles. The average Bonchev–Trinajstić information content (AvgIpc) is 2.95. The van der Waals surface area contributed by atoms with Gasteiger partial charge in [-0.15, -0.1) is 11.3 Å². The third-order valence-electron chi connectivity index (χ3n) is 3.03. The van der Waals surface area contributed by atoms with Gasteiger partial charge in [0.05, 0.1) is 11.6 Å². The van der Waals surface area contributed by atoms with Crippen molar-refractivity contribution in [2.24, 2.45) is 0 Å². The lowest BCUT2D eigenvalue weighted by Crippen LogP contribution is -2.28. The van der Waals surface area contributed by atoms with Crippen molar-refractivity contribution in [3.63, 3.8) is 0 Å². The first-order chi connectivity index (χ1) is 9.63. The molecule has 4 nitrogen and oxygen atoms in total. The molecule has 1 unspecified atom stereocenters. The Bertz CT molecular complexity index is 581. The molecule has 0 aliphatic rings.